The summed E-state index contributed by atoms with van der Waals surface area (Å²) in [7, 11) is -4.33. The molecule has 0 aliphatic rings. The first-order valence-corrected chi connectivity index (χ1v) is 15.5. The molecule has 48 heavy (non-hydrogen) atoms. The first kappa shape index (κ1) is 33.1. The van der Waals surface area contributed by atoms with Crippen LogP contribution in [0.4, 0.5) is 45.5 Å². The van der Waals surface area contributed by atoms with Crippen molar-refractivity contribution in [1.29, 1.82) is 0 Å². The molecule has 0 fully saturated rings. The summed E-state index contributed by atoms with van der Waals surface area (Å²) in [5, 5.41) is 44.3. The molecule has 5 aromatic rings. The molecule has 0 aromatic heterocycles. The van der Waals surface area contributed by atoms with Gasteiger partial charge in [0, 0.05) is 0 Å². The van der Waals surface area contributed by atoms with Crippen LogP contribution in [0.15, 0.2) is 127 Å². The Bertz CT molecular complexity index is 2220. The van der Waals surface area contributed by atoms with E-state index in [1.807, 2.05) is 24.3 Å². The molecule has 5 aromatic carbocycles. The Balaban J connectivity index is 1.29. The van der Waals surface area contributed by atoms with Gasteiger partial charge in [0.25, 0.3) is 10.1 Å². The van der Waals surface area contributed by atoms with E-state index in [2.05, 4.69) is 30.7 Å². The molecule has 0 unspecified atom stereocenters. The Hall–Kier alpha value is -6.32. The van der Waals surface area contributed by atoms with E-state index in [0.29, 0.717) is 39.6 Å². The molecule has 0 bridgehead atoms. The second kappa shape index (κ2) is 13.6. The molecule has 0 saturated carbocycles. The van der Waals surface area contributed by atoms with Gasteiger partial charge in [-0.05, 0) is 103 Å². The first-order chi connectivity index (χ1) is 22.8. The number of nitrogen functional groups attached to an aromatic ring is 2. The van der Waals surface area contributed by atoms with Crippen LogP contribution in [0.1, 0.15) is 21.5 Å². The predicted octanol–water partition coefficient (Wildman–Crippen LogP) is 9.03. The summed E-state index contributed by atoms with van der Waals surface area (Å²) in [5.41, 5.74) is 17.9. The van der Waals surface area contributed by atoms with Crippen LogP contribution < -0.4 is 11.5 Å². The Morgan fingerprint density at radius 3 is 1.62 bits per heavy atom. The molecule has 0 radical (unpaired) electrons. The number of phenols is 1. The Morgan fingerprint density at radius 1 is 0.625 bits per heavy atom. The molecule has 0 heterocycles. The normalized spacial score (nSPS) is 12.0. The lowest BCUT2D eigenvalue weighted by Gasteiger charge is -2.09. The van der Waals surface area contributed by atoms with Gasteiger partial charge in [0.15, 0.2) is 0 Å². The lowest BCUT2D eigenvalue weighted by Crippen LogP contribution is -1.97. The smallest absolute Gasteiger partial charge is 0.339 e. The molecule has 0 saturated heterocycles. The van der Waals surface area contributed by atoms with E-state index < -0.39 is 16.1 Å². The van der Waals surface area contributed by atoms with Gasteiger partial charge in [0.05, 0.1) is 39.0 Å². The van der Waals surface area contributed by atoms with E-state index in [1.54, 1.807) is 50.2 Å². The minimum atomic E-state index is -4.33. The number of aromatic carboxylic acids is 1. The average Bonchev–Trinajstić information content (AvgIpc) is 3.06. The number of benzene rings is 5. The van der Waals surface area contributed by atoms with E-state index in [0.717, 1.165) is 11.1 Å². The zero-order valence-electron chi connectivity index (χ0n) is 25.5. The highest BCUT2D eigenvalue weighted by atomic mass is 32.2. The molecule has 0 aliphatic carbocycles. The summed E-state index contributed by atoms with van der Waals surface area (Å²) in [6.07, 6.45) is 0. The SMILES string of the molecule is Cc1cc(N=Nc2ccc(S(=O)(=O)O)cc2)c(N)c(N=Nc2ccc(-c3ccc(N=Nc4cc(C)c(O)c(C(=O)O)c4)cc3)cc2)c1N. The van der Waals surface area contributed by atoms with Crippen molar-refractivity contribution in [2.45, 2.75) is 18.7 Å². The number of anilines is 2. The van der Waals surface area contributed by atoms with Crippen molar-refractivity contribution in [3.63, 3.8) is 0 Å². The van der Waals surface area contributed by atoms with Crippen molar-refractivity contribution in [3.05, 3.63) is 108 Å². The molecule has 0 amide bonds. The second-order valence-corrected chi connectivity index (χ2v) is 11.9. The molecule has 0 atom stereocenters. The van der Waals surface area contributed by atoms with Gasteiger partial charge in [-0.2, -0.15) is 28.9 Å². The van der Waals surface area contributed by atoms with Gasteiger partial charge in [-0.1, -0.05) is 24.3 Å². The van der Waals surface area contributed by atoms with Crippen LogP contribution in [-0.4, -0.2) is 29.2 Å². The fourth-order valence-corrected chi connectivity index (χ4v) is 4.93. The number of hydrogen-bond acceptors (Lipinski definition) is 12. The largest absolute Gasteiger partial charge is 0.507 e. The number of aryl methyl sites for hydroxylation is 2. The van der Waals surface area contributed by atoms with Crippen LogP contribution in [0.5, 0.6) is 5.75 Å². The molecule has 242 valence electrons. The number of carboxylic acid groups (broad SMARTS) is 1. The van der Waals surface area contributed by atoms with Gasteiger partial charge < -0.3 is 21.7 Å². The van der Waals surface area contributed by atoms with Crippen LogP contribution >= 0.6 is 0 Å². The number of azo groups is 3. The topological polar surface area (TPSA) is 238 Å². The monoisotopic (exact) mass is 664 g/mol. The van der Waals surface area contributed by atoms with E-state index in [1.165, 1.54) is 30.3 Å². The van der Waals surface area contributed by atoms with Gasteiger partial charge in [0.2, 0.25) is 0 Å². The summed E-state index contributed by atoms with van der Waals surface area (Å²) in [6, 6.07) is 24.2. The number of nitrogens with two attached hydrogens (primary N) is 2. The van der Waals surface area contributed by atoms with Crippen molar-refractivity contribution in [3.8, 4) is 16.9 Å². The summed E-state index contributed by atoms with van der Waals surface area (Å²) in [4.78, 5) is 11.1. The second-order valence-electron chi connectivity index (χ2n) is 10.5. The fourth-order valence-electron chi connectivity index (χ4n) is 4.45. The average molecular weight is 665 g/mol. The van der Waals surface area contributed by atoms with Crippen LogP contribution in [0, 0.1) is 13.8 Å². The van der Waals surface area contributed by atoms with Gasteiger partial charge in [-0.25, -0.2) is 4.79 Å². The van der Waals surface area contributed by atoms with Gasteiger partial charge in [0.1, 0.15) is 22.7 Å². The van der Waals surface area contributed by atoms with Gasteiger partial charge in [-0.15, -0.1) is 10.2 Å². The number of aromatic hydroxyl groups is 1. The molecule has 7 N–H and O–H groups in total. The van der Waals surface area contributed by atoms with E-state index >= 15 is 0 Å². The Kier molecular flexibility index (Phi) is 9.35. The standard InChI is InChI=1S/C33H28N8O6S/c1-18-16-28(40-37-24-11-13-26(14-12-24)48(45,46)47)30(35)31(29(18)34)41-38-23-9-5-21(6-10-23)20-3-7-22(8-4-20)36-39-25-15-19(2)32(42)27(17-25)33(43)44/h3-17,42H,34-35H2,1-2H3,(H,43,44)(H,45,46,47). The molecular formula is C33H28N8O6S. The van der Waals surface area contributed by atoms with Crippen LogP contribution in [0.25, 0.3) is 11.1 Å². The lowest BCUT2D eigenvalue weighted by molar-refractivity contribution is 0.0693. The van der Waals surface area contributed by atoms with Crippen molar-refractivity contribution >= 4 is 61.6 Å². The molecule has 5 rings (SSSR count). The maximum absolute atomic E-state index is 11.4. The fraction of sp³-hybridized carbons (Fsp3) is 0.0606. The van der Waals surface area contributed by atoms with E-state index in [9.17, 15) is 23.4 Å². The lowest BCUT2D eigenvalue weighted by atomic mass is 10.1. The zero-order valence-corrected chi connectivity index (χ0v) is 26.3. The molecule has 14 nitrogen and oxygen atoms in total. The maximum atomic E-state index is 11.4. The van der Waals surface area contributed by atoms with E-state index in [4.69, 9.17) is 16.0 Å². The minimum absolute atomic E-state index is 0.150. The summed E-state index contributed by atoms with van der Waals surface area (Å²) < 4.78 is 31.7. The quantitative estimate of drug-likeness (QED) is 0.0577. The minimum Gasteiger partial charge on any atom is -0.507 e. The number of carboxylic acids is 1. The summed E-state index contributed by atoms with van der Waals surface area (Å²) in [6.45, 7) is 3.35. The molecule has 0 spiro atoms. The summed E-state index contributed by atoms with van der Waals surface area (Å²) >= 11 is 0. The Labute approximate surface area is 274 Å². The Morgan fingerprint density at radius 2 is 1.10 bits per heavy atom. The van der Waals surface area contributed by atoms with Crippen molar-refractivity contribution in [2.24, 2.45) is 30.7 Å². The maximum Gasteiger partial charge on any atom is 0.339 e. The van der Waals surface area contributed by atoms with Crippen molar-refractivity contribution in [1.82, 2.24) is 0 Å². The van der Waals surface area contributed by atoms with Gasteiger partial charge in [-0.3, -0.25) is 4.55 Å². The number of nitrogens with zero attached hydrogens (tertiary/aromatic N) is 6. The van der Waals surface area contributed by atoms with Crippen molar-refractivity contribution in [2.75, 3.05) is 11.5 Å². The molecular weight excluding hydrogens is 636 g/mol. The van der Waals surface area contributed by atoms with Crippen LogP contribution in [0.2, 0.25) is 0 Å². The number of carbonyl (C=O) groups is 1. The molecule has 15 heteroatoms. The third-order valence-electron chi connectivity index (χ3n) is 7.10. The zero-order chi connectivity index (χ0) is 34.6. The first-order valence-electron chi connectivity index (χ1n) is 14.1. The van der Waals surface area contributed by atoms with Crippen LogP contribution in [-0.2, 0) is 10.1 Å². The highest BCUT2D eigenvalue weighted by Gasteiger charge is 2.14. The van der Waals surface area contributed by atoms with Crippen molar-refractivity contribution < 1.29 is 28.0 Å². The number of hydrogen-bond donors (Lipinski definition) is 5. The van der Waals surface area contributed by atoms with E-state index in [-0.39, 0.29) is 33.3 Å². The third-order valence-corrected chi connectivity index (χ3v) is 7.97. The molecule has 0 aliphatic heterocycles. The summed E-state index contributed by atoms with van der Waals surface area (Å²) in [5.74, 6) is -1.56. The highest BCUT2D eigenvalue weighted by Crippen LogP contribution is 2.41. The third kappa shape index (κ3) is 7.55. The highest BCUT2D eigenvalue weighted by molar-refractivity contribution is 7.85. The van der Waals surface area contributed by atoms with Crippen LogP contribution in [0.3, 0.4) is 0 Å². The van der Waals surface area contributed by atoms with Gasteiger partial charge >= 0.3 is 5.97 Å². The number of rotatable bonds is 9. The predicted molar refractivity (Wildman–Crippen MR) is 180 cm³/mol.